The van der Waals surface area contributed by atoms with Crippen LogP contribution in [0.3, 0.4) is 0 Å². The molecule has 9 nitrogen and oxygen atoms in total. The smallest absolute Gasteiger partial charge is 0.260 e. The predicted octanol–water partition coefficient (Wildman–Crippen LogP) is 2.91. The molecule has 4 N–H and O–H groups in total. The molecule has 0 aliphatic heterocycles. The summed E-state index contributed by atoms with van der Waals surface area (Å²) in [5, 5.41) is 4.88. The molecule has 0 saturated carbocycles. The van der Waals surface area contributed by atoms with E-state index < -0.39 is 5.91 Å². The highest BCUT2D eigenvalue weighted by atomic mass is 32.1. The number of thiophene rings is 1. The van der Waals surface area contributed by atoms with Crippen LogP contribution >= 0.6 is 11.3 Å². The van der Waals surface area contributed by atoms with Crippen molar-refractivity contribution in [2.24, 2.45) is 5.73 Å². The van der Waals surface area contributed by atoms with E-state index in [-0.39, 0.29) is 10.6 Å². The number of carbonyl (C=O) groups is 1. The number of fused-ring (bicyclic) bond motifs is 1. The van der Waals surface area contributed by atoms with Crippen LogP contribution in [0, 0.1) is 0 Å². The van der Waals surface area contributed by atoms with Crippen LogP contribution in [-0.2, 0) is 11.3 Å². The van der Waals surface area contributed by atoms with Crippen LogP contribution in [0.4, 0.5) is 5.69 Å². The van der Waals surface area contributed by atoms with Gasteiger partial charge in [-0.25, -0.2) is 9.78 Å². The number of allylic oxidation sites excluding steroid dienone is 1. The first kappa shape index (κ1) is 21.1. The molecule has 0 radical (unpaired) electrons. The Bertz CT molecular complexity index is 1350. The Morgan fingerprint density at radius 1 is 1.22 bits per heavy atom. The minimum absolute atomic E-state index is 0.262. The van der Waals surface area contributed by atoms with Gasteiger partial charge in [0.25, 0.3) is 5.91 Å². The lowest BCUT2D eigenvalue weighted by molar-refractivity contribution is 0.100. The Morgan fingerprint density at radius 2 is 1.97 bits per heavy atom. The summed E-state index contributed by atoms with van der Waals surface area (Å²) in [4.78, 5) is 29.5. The van der Waals surface area contributed by atoms with E-state index in [1.807, 2.05) is 36.4 Å². The lowest BCUT2D eigenvalue weighted by atomic mass is 10.1. The molecule has 32 heavy (non-hydrogen) atoms. The Hall–Kier alpha value is -4.14. The van der Waals surface area contributed by atoms with Gasteiger partial charge in [0.1, 0.15) is 32.8 Å². The van der Waals surface area contributed by atoms with Gasteiger partial charge in [0.05, 0.1) is 23.8 Å². The zero-order valence-electron chi connectivity index (χ0n) is 17.4. The maximum absolute atomic E-state index is 11.6. The highest BCUT2D eigenvalue weighted by Crippen LogP contribution is 2.39. The molecular formula is C22H20N6O3S. The predicted molar refractivity (Wildman–Crippen MR) is 123 cm³/mol. The topological polar surface area (TPSA) is 129 Å². The summed E-state index contributed by atoms with van der Waals surface area (Å²) in [7, 11) is 3.58. The van der Waals surface area contributed by atoms with E-state index in [1.165, 1.54) is 0 Å². The monoisotopic (exact) mass is 448 g/mol. The molecule has 1 amide bonds. The molecule has 0 bridgehead atoms. The fraction of sp³-hybridized carbons (Fsp3) is 0.136. The number of ether oxygens (including phenoxy) is 1. The lowest BCUT2D eigenvalue weighted by Crippen LogP contribution is -2.17. The van der Waals surface area contributed by atoms with Gasteiger partial charge >= 0.3 is 0 Å². The van der Waals surface area contributed by atoms with Crippen LogP contribution in [0.2, 0.25) is 0 Å². The number of primary amides is 1. The number of amides is 1. The number of benzene rings is 1. The van der Waals surface area contributed by atoms with Crippen molar-refractivity contribution in [1.82, 2.24) is 19.7 Å². The second kappa shape index (κ2) is 8.54. The van der Waals surface area contributed by atoms with Crippen molar-refractivity contribution in [3.05, 3.63) is 59.5 Å². The number of likely N-dealkylation sites (N-methyl/N-ethyl adjacent to an activating group) is 1. The number of hydrogen-bond acceptors (Lipinski definition) is 8. The Kier molecular flexibility index (Phi) is 5.63. The summed E-state index contributed by atoms with van der Waals surface area (Å²) in [6, 6.07) is 9.16. The molecular weight excluding hydrogens is 428 g/mol. The average Bonchev–Trinajstić information content (AvgIpc) is 3.37. The second-order valence-electron chi connectivity index (χ2n) is 7.19. The van der Waals surface area contributed by atoms with E-state index in [9.17, 15) is 9.59 Å². The zero-order valence-corrected chi connectivity index (χ0v) is 18.2. The van der Waals surface area contributed by atoms with Gasteiger partial charge in [-0.3, -0.25) is 9.48 Å². The average molecular weight is 449 g/mol. The largest absolute Gasteiger partial charge is 0.456 e. The van der Waals surface area contributed by atoms with Gasteiger partial charge in [0.2, 0.25) is 0 Å². The summed E-state index contributed by atoms with van der Waals surface area (Å²) < 4.78 is 7.70. The number of nitrogens with zero attached hydrogens (tertiary/aromatic N) is 4. The maximum atomic E-state index is 11.6. The van der Waals surface area contributed by atoms with Crippen LogP contribution in [0.25, 0.3) is 21.3 Å². The molecule has 10 heteroatoms. The van der Waals surface area contributed by atoms with Crippen LogP contribution < -0.4 is 16.2 Å². The van der Waals surface area contributed by atoms with Crippen LogP contribution in [0.5, 0.6) is 11.5 Å². The molecule has 0 atom stereocenters. The summed E-state index contributed by atoms with van der Waals surface area (Å²) in [5.74, 6) is 2.43. The van der Waals surface area contributed by atoms with Gasteiger partial charge in [0.15, 0.2) is 0 Å². The third kappa shape index (κ3) is 4.04. The molecule has 4 aromatic rings. The SMILES string of the molecule is CN(C)C(=C=O)Cn1cc(-c2ccc(Oc3ccnc4sc(C(N)=O)c(N)c34)cc2)cn1. The van der Waals surface area contributed by atoms with Crippen LogP contribution in [-0.4, -0.2) is 45.6 Å². The van der Waals surface area contributed by atoms with Crippen molar-refractivity contribution in [2.45, 2.75) is 6.54 Å². The van der Waals surface area contributed by atoms with Gasteiger partial charge < -0.3 is 21.1 Å². The van der Waals surface area contributed by atoms with Gasteiger partial charge in [-0.05, 0) is 23.8 Å². The van der Waals surface area contributed by atoms with Gasteiger partial charge in [-0.1, -0.05) is 12.1 Å². The normalized spacial score (nSPS) is 10.7. The number of anilines is 1. The first-order valence-corrected chi connectivity index (χ1v) is 10.4. The molecule has 0 saturated heterocycles. The molecule has 3 aromatic heterocycles. The van der Waals surface area contributed by atoms with Crippen LogP contribution in [0.1, 0.15) is 9.67 Å². The number of rotatable bonds is 7. The second-order valence-corrected chi connectivity index (χ2v) is 8.19. The third-order valence-electron chi connectivity index (χ3n) is 4.83. The minimum Gasteiger partial charge on any atom is -0.456 e. The molecule has 0 unspecified atom stereocenters. The number of hydrogen-bond donors (Lipinski definition) is 2. The number of nitrogens with two attached hydrogens (primary N) is 2. The van der Waals surface area contributed by atoms with Crippen molar-refractivity contribution < 1.29 is 14.3 Å². The van der Waals surface area contributed by atoms with Crippen LogP contribution in [0.15, 0.2) is 54.6 Å². The lowest BCUT2D eigenvalue weighted by Gasteiger charge is -2.12. The van der Waals surface area contributed by atoms with Gasteiger partial charge in [-0.2, -0.15) is 5.10 Å². The quantitative estimate of drug-likeness (QED) is 0.416. The molecule has 0 fully saturated rings. The molecule has 3 heterocycles. The molecule has 1 aromatic carbocycles. The van der Waals surface area contributed by atoms with Gasteiger partial charge in [-0.15, -0.1) is 11.3 Å². The summed E-state index contributed by atoms with van der Waals surface area (Å²) in [5.41, 5.74) is 14.1. The van der Waals surface area contributed by atoms with Crippen molar-refractivity contribution in [1.29, 1.82) is 0 Å². The molecule has 0 aliphatic rings. The number of carbonyl (C=O) groups excluding carboxylic acids is 2. The van der Waals surface area contributed by atoms with E-state index in [4.69, 9.17) is 16.2 Å². The van der Waals surface area contributed by atoms with E-state index in [0.717, 1.165) is 22.5 Å². The third-order valence-corrected chi connectivity index (χ3v) is 5.96. The van der Waals surface area contributed by atoms with E-state index in [2.05, 4.69) is 10.1 Å². The van der Waals surface area contributed by atoms with Gasteiger partial charge in [0, 0.05) is 32.1 Å². The van der Waals surface area contributed by atoms with E-state index in [1.54, 1.807) is 42.1 Å². The number of pyridine rings is 1. The number of nitrogen functional groups attached to an aromatic ring is 1. The van der Waals surface area contributed by atoms with E-state index >= 15 is 0 Å². The summed E-state index contributed by atoms with van der Waals surface area (Å²) >= 11 is 1.14. The number of aromatic nitrogens is 3. The Morgan fingerprint density at radius 3 is 2.62 bits per heavy atom. The highest BCUT2D eigenvalue weighted by molar-refractivity contribution is 7.21. The van der Waals surface area contributed by atoms with Crippen molar-refractivity contribution in [3.63, 3.8) is 0 Å². The Balaban J connectivity index is 1.56. The first-order valence-electron chi connectivity index (χ1n) is 9.56. The summed E-state index contributed by atoms with van der Waals surface area (Å²) in [6.07, 6.45) is 5.19. The van der Waals surface area contributed by atoms with Crippen molar-refractivity contribution >= 4 is 39.1 Å². The molecule has 0 spiro atoms. The fourth-order valence-electron chi connectivity index (χ4n) is 3.14. The fourth-order valence-corrected chi connectivity index (χ4v) is 4.08. The standard InChI is InChI=1S/C22H20N6O3S/c1-27(2)15(12-29)11-28-10-14(9-26-28)13-3-5-16(6-4-13)31-17-7-8-25-22-18(17)19(23)20(32-22)21(24)30/h3-10H,11,23H2,1-2H3,(H2,24,30). The molecule has 0 aliphatic carbocycles. The maximum Gasteiger partial charge on any atom is 0.260 e. The minimum atomic E-state index is -0.595. The Labute approximate surface area is 187 Å². The zero-order chi connectivity index (χ0) is 22.8. The highest BCUT2D eigenvalue weighted by Gasteiger charge is 2.18. The van der Waals surface area contributed by atoms with Crippen molar-refractivity contribution in [2.75, 3.05) is 19.8 Å². The first-order chi connectivity index (χ1) is 15.4. The summed E-state index contributed by atoms with van der Waals surface area (Å²) in [6.45, 7) is 0.338. The van der Waals surface area contributed by atoms with E-state index in [0.29, 0.717) is 34.0 Å². The molecule has 162 valence electrons. The molecule has 4 rings (SSSR count). The van der Waals surface area contributed by atoms with Crippen molar-refractivity contribution in [3.8, 4) is 22.6 Å².